The van der Waals surface area contributed by atoms with E-state index in [1.54, 1.807) is 0 Å². The Morgan fingerprint density at radius 3 is 2.57 bits per heavy atom. The van der Waals surface area contributed by atoms with E-state index in [-0.39, 0.29) is 13.2 Å². The topological polar surface area (TPSA) is 105 Å². The number of nitrogens with one attached hydrogen (secondary N) is 2. The van der Waals surface area contributed by atoms with Crippen LogP contribution in [-0.4, -0.2) is 45.8 Å². The van der Waals surface area contributed by atoms with Gasteiger partial charge in [0.25, 0.3) is 10.2 Å². The molecule has 3 N–H and O–H groups in total. The van der Waals surface area contributed by atoms with E-state index >= 15 is 0 Å². The van der Waals surface area contributed by atoms with E-state index in [0.29, 0.717) is 0 Å². The first-order valence-corrected chi connectivity index (χ1v) is 5.36. The lowest BCUT2D eigenvalue weighted by Gasteiger charge is -2.10. The van der Waals surface area contributed by atoms with Crippen LogP contribution in [0.15, 0.2) is 0 Å². The van der Waals surface area contributed by atoms with Crippen LogP contribution in [0.2, 0.25) is 0 Å². The monoisotopic (exact) mass is 226 g/mol. The smallest absolute Gasteiger partial charge is 0.321 e. The number of carboxylic acid groups (broad SMARTS) is 1. The molecule has 0 radical (unpaired) electrons. The summed E-state index contributed by atoms with van der Waals surface area (Å²) in [5.41, 5.74) is 0. The summed E-state index contributed by atoms with van der Waals surface area (Å²) in [6.45, 7) is 1.55. The first-order valence-electron chi connectivity index (χ1n) is 3.87. The fourth-order valence-electron chi connectivity index (χ4n) is 0.603. The quantitative estimate of drug-likeness (QED) is 0.460. The average Bonchev–Trinajstić information content (AvgIpc) is 2.03. The Labute approximate surface area is 82.6 Å². The Kier molecular flexibility index (Phi) is 5.62. The number of ether oxygens (including phenoxy) is 1. The molecule has 0 saturated heterocycles. The van der Waals surface area contributed by atoms with Crippen molar-refractivity contribution < 1.29 is 23.1 Å². The molecule has 0 aromatic heterocycles. The lowest BCUT2D eigenvalue weighted by Crippen LogP contribution is -2.45. The Balaban J connectivity index is 4.01. The van der Waals surface area contributed by atoms with Crippen molar-refractivity contribution in [3.05, 3.63) is 0 Å². The molecule has 0 aliphatic heterocycles. The average molecular weight is 226 g/mol. The van der Waals surface area contributed by atoms with Gasteiger partial charge in [0.1, 0.15) is 6.04 Å². The highest BCUT2D eigenvalue weighted by molar-refractivity contribution is 7.87. The van der Waals surface area contributed by atoms with Gasteiger partial charge in [-0.05, 0) is 6.92 Å². The van der Waals surface area contributed by atoms with Crippen molar-refractivity contribution in [2.75, 3.05) is 20.3 Å². The summed E-state index contributed by atoms with van der Waals surface area (Å²) in [4.78, 5) is 10.3. The number of hydrogen-bond donors (Lipinski definition) is 3. The second-order valence-corrected chi connectivity index (χ2v) is 4.10. The highest BCUT2D eigenvalue weighted by Crippen LogP contribution is 1.85. The van der Waals surface area contributed by atoms with Crippen LogP contribution in [0.5, 0.6) is 0 Å². The van der Waals surface area contributed by atoms with Crippen LogP contribution < -0.4 is 9.44 Å². The van der Waals surface area contributed by atoms with E-state index in [2.05, 4.69) is 9.46 Å². The summed E-state index contributed by atoms with van der Waals surface area (Å²) >= 11 is 0. The van der Waals surface area contributed by atoms with E-state index in [0.717, 1.165) is 0 Å². The summed E-state index contributed by atoms with van der Waals surface area (Å²) in [5.74, 6) is -1.23. The minimum Gasteiger partial charge on any atom is -0.480 e. The zero-order chi connectivity index (χ0) is 11.2. The third-order valence-corrected chi connectivity index (χ3v) is 2.55. The maximum Gasteiger partial charge on any atom is 0.321 e. The molecule has 0 bridgehead atoms. The number of hydrogen-bond acceptors (Lipinski definition) is 4. The number of methoxy groups -OCH3 is 1. The number of rotatable bonds is 7. The fraction of sp³-hybridized carbons (Fsp3) is 0.833. The third-order valence-electron chi connectivity index (χ3n) is 1.30. The maximum atomic E-state index is 11.1. The van der Waals surface area contributed by atoms with Gasteiger partial charge in [0.05, 0.1) is 6.61 Å². The van der Waals surface area contributed by atoms with Crippen molar-refractivity contribution in [3.63, 3.8) is 0 Å². The van der Waals surface area contributed by atoms with Crippen LogP contribution in [0.3, 0.4) is 0 Å². The highest BCUT2D eigenvalue weighted by Gasteiger charge is 2.18. The molecule has 0 rings (SSSR count). The summed E-state index contributed by atoms with van der Waals surface area (Å²) in [6.07, 6.45) is 0. The molecule has 8 heteroatoms. The zero-order valence-corrected chi connectivity index (χ0v) is 8.80. The Hall–Kier alpha value is -0.700. The molecule has 84 valence electrons. The lowest BCUT2D eigenvalue weighted by atomic mass is 10.4. The van der Waals surface area contributed by atoms with E-state index in [1.165, 1.54) is 14.0 Å². The summed E-state index contributed by atoms with van der Waals surface area (Å²) in [7, 11) is -2.33. The second-order valence-electron chi connectivity index (χ2n) is 2.57. The van der Waals surface area contributed by atoms with Gasteiger partial charge in [-0.2, -0.15) is 17.9 Å². The predicted octanol–water partition coefficient (Wildman–Crippen LogP) is -1.47. The number of aliphatic carboxylic acids is 1. The maximum absolute atomic E-state index is 11.1. The van der Waals surface area contributed by atoms with E-state index < -0.39 is 22.2 Å². The van der Waals surface area contributed by atoms with Crippen molar-refractivity contribution in [2.45, 2.75) is 13.0 Å². The molecule has 0 saturated carbocycles. The van der Waals surface area contributed by atoms with Gasteiger partial charge < -0.3 is 9.84 Å². The van der Waals surface area contributed by atoms with E-state index in [9.17, 15) is 13.2 Å². The molecule has 0 spiro atoms. The molecule has 0 fully saturated rings. The zero-order valence-electron chi connectivity index (χ0n) is 7.98. The van der Waals surface area contributed by atoms with Gasteiger partial charge in [-0.25, -0.2) is 0 Å². The molecule has 0 unspecified atom stereocenters. The van der Waals surface area contributed by atoms with Crippen LogP contribution >= 0.6 is 0 Å². The van der Waals surface area contributed by atoms with Crippen molar-refractivity contribution in [1.82, 2.24) is 9.44 Å². The van der Waals surface area contributed by atoms with Crippen LogP contribution in [0.1, 0.15) is 6.92 Å². The van der Waals surface area contributed by atoms with Crippen LogP contribution in [0.25, 0.3) is 0 Å². The summed E-state index contributed by atoms with van der Waals surface area (Å²) < 4.78 is 30.8. The van der Waals surface area contributed by atoms with Crippen LogP contribution in [-0.2, 0) is 19.7 Å². The second kappa shape index (κ2) is 5.91. The molecule has 0 aliphatic rings. The molecular weight excluding hydrogens is 212 g/mol. The third kappa shape index (κ3) is 5.86. The molecule has 0 heterocycles. The Bertz CT molecular complexity index is 276. The molecule has 14 heavy (non-hydrogen) atoms. The predicted molar refractivity (Wildman–Crippen MR) is 49.0 cm³/mol. The lowest BCUT2D eigenvalue weighted by molar-refractivity contribution is -0.138. The fourth-order valence-corrected chi connectivity index (χ4v) is 1.60. The van der Waals surface area contributed by atoms with Gasteiger partial charge >= 0.3 is 5.97 Å². The minimum absolute atomic E-state index is 0.0954. The molecule has 7 nitrogen and oxygen atoms in total. The highest BCUT2D eigenvalue weighted by atomic mass is 32.2. The number of carbonyl (C=O) groups is 1. The van der Waals surface area contributed by atoms with E-state index in [1.807, 2.05) is 4.72 Å². The molecule has 0 amide bonds. The summed E-state index contributed by atoms with van der Waals surface area (Å²) in [6, 6.07) is -1.16. The Morgan fingerprint density at radius 1 is 1.57 bits per heavy atom. The SMILES string of the molecule is COCCNS(=O)(=O)N[C@H](C)C(=O)O. The van der Waals surface area contributed by atoms with Crippen molar-refractivity contribution in [1.29, 1.82) is 0 Å². The van der Waals surface area contributed by atoms with Crippen molar-refractivity contribution in [2.24, 2.45) is 0 Å². The molecule has 1 atom stereocenters. The van der Waals surface area contributed by atoms with Gasteiger partial charge in [0.2, 0.25) is 0 Å². The van der Waals surface area contributed by atoms with E-state index in [4.69, 9.17) is 5.11 Å². The first kappa shape index (κ1) is 13.3. The molecule has 0 aliphatic carbocycles. The summed E-state index contributed by atoms with van der Waals surface area (Å²) in [5, 5.41) is 8.44. The first-order chi connectivity index (χ1) is 6.39. The normalized spacial score (nSPS) is 13.9. The molecular formula is C6H14N2O5S. The van der Waals surface area contributed by atoms with Crippen LogP contribution in [0, 0.1) is 0 Å². The van der Waals surface area contributed by atoms with Crippen LogP contribution in [0.4, 0.5) is 0 Å². The number of carboxylic acids is 1. The molecule has 0 aromatic rings. The van der Waals surface area contributed by atoms with Crippen molar-refractivity contribution >= 4 is 16.2 Å². The standard InChI is InChI=1S/C6H14N2O5S/c1-5(6(9)10)8-14(11,12)7-3-4-13-2/h5,7-8H,3-4H2,1-2H3,(H,9,10)/t5-/m1/s1. The largest absolute Gasteiger partial charge is 0.480 e. The van der Waals surface area contributed by atoms with Gasteiger partial charge in [0.15, 0.2) is 0 Å². The van der Waals surface area contributed by atoms with Gasteiger partial charge in [0, 0.05) is 13.7 Å². The van der Waals surface area contributed by atoms with Crippen molar-refractivity contribution in [3.8, 4) is 0 Å². The molecule has 0 aromatic carbocycles. The van der Waals surface area contributed by atoms with Gasteiger partial charge in [-0.3, -0.25) is 4.79 Å². The van der Waals surface area contributed by atoms with Gasteiger partial charge in [-0.15, -0.1) is 0 Å². The minimum atomic E-state index is -3.76. The Morgan fingerprint density at radius 2 is 2.14 bits per heavy atom. The van der Waals surface area contributed by atoms with Gasteiger partial charge in [-0.1, -0.05) is 0 Å².